The summed E-state index contributed by atoms with van der Waals surface area (Å²) in [5.74, 6) is 0.876. The zero-order valence-corrected chi connectivity index (χ0v) is 16.4. The SMILES string of the molecule is CN1CC[C@]2(C)c3cc(O)ccc3C[C@@H]1[C@H]2N(C)C(=O)C1CCCCC1. The highest BCUT2D eigenvalue weighted by atomic mass is 16.3. The van der Waals surface area contributed by atoms with E-state index in [9.17, 15) is 9.90 Å². The number of piperidine rings is 1. The predicted octanol–water partition coefficient (Wildman–Crippen LogP) is 3.32. The van der Waals surface area contributed by atoms with Gasteiger partial charge in [-0.2, -0.15) is 0 Å². The highest BCUT2D eigenvalue weighted by Crippen LogP contribution is 2.47. The van der Waals surface area contributed by atoms with E-state index < -0.39 is 0 Å². The third-order valence-electron chi connectivity index (χ3n) is 7.42. The number of aromatic hydroxyl groups is 1. The monoisotopic (exact) mass is 356 g/mol. The first-order valence-electron chi connectivity index (χ1n) is 10.2. The highest BCUT2D eigenvalue weighted by Gasteiger charge is 2.53. The van der Waals surface area contributed by atoms with Crippen LogP contribution >= 0.6 is 0 Å². The van der Waals surface area contributed by atoms with E-state index in [1.165, 1.54) is 30.4 Å². The van der Waals surface area contributed by atoms with Crippen LogP contribution in [0.1, 0.15) is 56.6 Å². The molecule has 4 heteroatoms. The molecular formula is C22H32N2O2. The van der Waals surface area contributed by atoms with Crippen LogP contribution in [0.3, 0.4) is 0 Å². The van der Waals surface area contributed by atoms with Crippen LogP contribution in [-0.2, 0) is 16.6 Å². The number of benzene rings is 1. The van der Waals surface area contributed by atoms with Gasteiger partial charge in [-0.05, 0) is 62.5 Å². The van der Waals surface area contributed by atoms with Gasteiger partial charge in [0.1, 0.15) is 5.75 Å². The summed E-state index contributed by atoms with van der Waals surface area (Å²) in [6.45, 7) is 3.35. The van der Waals surface area contributed by atoms with Crippen LogP contribution in [0.15, 0.2) is 18.2 Å². The van der Waals surface area contributed by atoms with Gasteiger partial charge in [0.15, 0.2) is 0 Å². The van der Waals surface area contributed by atoms with Gasteiger partial charge in [0, 0.05) is 24.4 Å². The average Bonchev–Trinajstić information content (AvgIpc) is 2.65. The number of likely N-dealkylation sites (N-methyl/N-ethyl adjacent to an activating group) is 2. The molecule has 0 spiro atoms. The average molecular weight is 357 g/mol. The van der Waals surface area contributed by atoms with Crippen LogP contribution < -0.4 is 0 Å². The zero-order valence-electron chi connectivity index (χ0n) is 16.4. The third-order valence-corrected chi connectivity index (χ3v) is 7.42. The first-order valence-corrected chi connectivity index (χ1v) is 10.2. The fraction of sp³-hybridized carbons (Fsp3) is 0.682. The number of phenolic OH excluding ortho intramolecular Hbond substituents is 1. The van der Waals surface area contributed by atoms with Gasteiger partial charge in [-0.15, -0.1) is 0 Å². The van der Waals surface area contributed by atoms with Gasteiger partial charge in [0.25, 0.3) is 0 Å². The Morgan fingerprint density at radius 3 is 2.73 bits per heavy atom. The lowest BCUT2D eigenvalue weighted by atomic mass is 9.61. The fourth-order valence-electron chi connectivity index (χ4n) is 5.91. The van der Waals surface area contributed by atoms with Crippen LogP contribution in [0.5, 0.6) is 5.75 Å². The van der Waals surface area contributed by atoms with Crippen molar-refractivity contribution in [2.45, 2.75) is 69.4 Å². The number of nitrogens with zero attached hydrogens (tertiary/aromatic N) is 2. The molecule has 2 bridgehead atoms. The summed E-state index contributed by atoms with van der Waals surface area (Å²) in [5.41, 5.74) is 2.48. The molecule has 1 aliphatic heterocycles. The minimum Gasteiger partial charge on any atom is -0.508 e. The lowest BCUT2D eigenvalue weighted by Gasteiger charge is -2.57. The number of fused-ring (bicyclic) bond motifs is 4. The van der Waals surface area contributed by atoms with Gasteiger partial charge >= 0.3 is 0 Å². The lowest BCUT2D eigenvalue weighted by molar-refractivity contribution is -0.142. The maximum absolute atomic E-state index is 13.3. The number of phenols is 1. The third kappa shape index (κ3) is 2.74. The molecule has 1 saturated heterocycles. The molecule has 0 radical (unpaired) electrons. The number of rotatable bonds is 2. The van der Waals surface area contributed by atoms with Crippen LogP contribution in [0.4, 0.5) is 0 Å². The van der Waals surface area contributed by atoms with Crippen molar-refractivity contribution in [3.05, 3.63) is 29.3 Å². The van der Waals surface area contributed by atoms with Crippen LogP contribution in [0.25, 0.3) is 0 Å². The molecule has 2 fully saturated rings. The minimum atomic E-state index is -0.0947. The van der Waals surface area contributed by atoms with Crippen molar-refractivity contribution in [2.75, 3.05) is 20.6 Å². The van der Waals surface area contributed by atoms with E-state index in [0.29, 0.717) is 17.7 Å². The molecule has 2 aliphatic carbocycles. The van der Waals surface area contributed by atoms with Gasteiger partial charge in [0.2, 0.25) is 5.91 Å². The van der Waals surface area contributed by atoms with Gasteiger partial charge in [0.05, 0.1) is 6.04 Å². The van der Waals surface area contributed by atoms with Crippen molar-refractivity contribution < 1.29 is 9.90 Å². The van der Waals surface area contributed by atoms with E-state index in [0.717, 1.165) is 32.2 Å². The molecule has 1 amide bonds. The second-order valence-corrected chi connectivity index (χ2v) is 8.99. The number of hydrogen-bond donors (Lipinski definition) is 1. The molecule has 26 heavy (non-hydrogen) atoms. The lowest BCUT2D eigenvalue weighted by Crippen LogP contribution is -2.67. The first-order chi connectivity index (χ1) is 12.4. The Morgan fingerprint density at radius 1 is 1.27 bits per heavy atom. The van der Waals surface area contributed by atoms with E-state index in [1.54, 1.807) is 6.07 Å². The van der Waals surface area contributed by atoms with E-state index in [-0.39, 0.29) is 17.4 Å². The number of amides is 1. The summed E-state index contributed by atoms with van der Waals surface area (Å²) < 4.78 is 0. The normalized spacial score (nSPS) is 32.1. The summed E-state index contributed by atoms with van der Waals surface area (Å²) in [5, 5.41) is 10.1. The second kappa shape index (κ2) is 6.56. The Bertz CT molecular complexity index is 697. The highest BCUT2D eigenvalue weighted by molar-refractivity contribution is 5.79. The standard InChI is InChI=1S/C22H32N2O2/c1-22-11-12-23(2)19(13-16-9-10-17(25)14-18(16)22)20(22)24(3)21(26)15-7-5-4-6-8-15/h9-10,14-15,19-20,25H,4-8,11-13H2,1-3H3/t19-,20-,22-/m1/s1. The summed E-state index contributed by atoms with van der Waals surface area (Å²) in [6.07, 6.45) is 7.71. The quantitative estimate of drug-likeness (QED) is 0.884. The fourth-order valence-corrected chi connectivity index (χ4v) is 5.91. The summed E-state index contributed by atoms with van der Waals surface area (Å²) in [7, 11) is 4.22. The smallest absolute Gasteiger partial charge is 0.225 e. The van der Waals surface area contributed by atoms with Crippen molar-refractivity contribution in [2.24, 2.45) is 5.92 Å². The maximum atomic E-state index is 13.3. The molecule has 4 nitrogen and oxygen atoms in total. The number of carbonyl (C=O) groups is 1. The van der Waals surface area contributed by atoms with Crippen molar-refractivity contribution >= 4 is 5.91 Å². The number of hydrogen-bond acceptors (Lipinski definition) is 3. The van der Waals surface area contributed by atoms with Crippen LogP contribution in [0, 0.1) is 5.92 Å². The molecule has 1 aromatic carbocycles. The molecule has 1 saturated carbocycles. The molecule has 3 aliphatic rings. The van der Waals surface area contributed by atoms with Gasteiger partial charge in [-0.1, -0.05) is 32.3 Å². The van der Waals surface area contributed by atoms with E-state index in [2.05, 4.69) is 29.8 Å². The predicted molar refractivity (Wildman–Crippen MR) is 103 cm³/mol. The molecule has 4 rings (SSSR count). The molecular weight excluding hydrogens is 324 g/mol. The Hall–Kier alpha value is -1.55. The van der Waals surface area contributed by atoms with Crippen molar-refractivity contribution in [3.8, 4) is 5.75 Å². The second-order valence-electron chi connectivity index (χ2n) is 8.99. The maximum Gasteiger partial charge on any atom is 0.225 e. The van der Waals surface area contributed by atoms with Crippen LogP contribution in [0.2, 0.25) is 0 Å². The minimum absolute atomic E-state index is 0.0947. The molecule has 3 atom stereocenters. The van der Waals surface area contributed by atoms with E-state index in [4.69, 9.17) is 0 Å². The molecule has 0 unspecified atom stereocenters. The van der Waals surface area contributed by atoms with Gasteiger partial charge in [-0.3, -0.25) is 4.79 Å². The molecule has 1 heterocycles. The van der Waals surface area contributed by atoms with Crippen molar-refractivity contribution in [1.29, 1.82) is 0 Å². The van der Waals surface area contributed by atoms with E-state index >= 15 is 0 Å². The van der Waals surface area contributed by atoms with E-state index in [1.807, 2.05) is 13.1 Å². The van der Waals surface area contributed by atoms with Crippen molar-refractivity contribution in [1.82, 2.24) is 9.80 Å². The number of likely N-dealkylation sites (tertiary alicyclic amines) is 1. The Balaban J connectivity index is 1.71. The van der Waals surface area contributed by atoms with Gasteiger partial charge < -0.3 is 14.9 Å². The Kier molecular flexibility index (Phi) is 4.50. The Morgan fingerprint density at radius 2 is 2.00 bits per heavy atom. The summed E-state index contributed by atoms with van der Waals surface area (Å²) in [6, 6.07) is 6.35. The number of carbonyl (C=O) groups excluding carboxylic acids is 1. The van der Waals surface area contributed by atoms with Crippen LogP contribution in [-0.4, -0.2) is 53.5 Å². The first kappa shape index (κ1) is 17.8. The molecule has 0 aromatic heterocycles. The Labute approximate surface area is 157 Å². The topological polar surface area (TPSA) is 43.8 Å². The zero-order chi connectivity index (χ0) is 18.5. The molecule has 1 aromatic rings. The summed E-state index contributed by atoms with van der Waals surface area (Å²) >= 11 is 0. The molecule has 1 N–H and O–H groups in total. The van der Waals surface area contributed by atoms with Crippen molar-refractivity contribution in [3.63, 3.8) is 0 Å². The summed E-state index contributed by atoms with van der Waals surface area (Å²) in [4.78, 5) is 17.8. The largest absolute Gasteiger partial charge is 0.508 e. The van der Waals surface area contributed by atoms with Gasteiger partial charge in [-0.25, -0.2) is 0 Å². The molecule has 142 valence electrons.